The molecule has 5 rings (SSSR count). The molecule has 0 spiro atoms. The zero-order valence-corrected chi connectivity index (χ0v) is 18.8. The van der Waals surface area contributed by atoms with Crippen LogP contribution in [-0.2, 0) is 11.3 Å². The maximum absolute atomic E-state index is 12.1. The van der Waals surface area contributed by atoms with Crippen molar-refractivity contribution in [2.45, 2.75) is 13.5 Å². The molecular formula is C21H21ClN4O4S. The van der Waals surface area contributed by atoms with Crippen LogP contribution in [0.3, 0.4) is 0 Å². The second-order valence-corrected chi connectivity index (χ2v) is 8.83. The number of hydrogen-bond donors (Lipinski definition) is 0. The van der Waals surface area contributed by atoms with E-state index in [2.05, 4.69) is 25.8 Å². The summed E-state index contributed by atoms with van der Waals surface area (Å²) in [7, 11) is 1.38. The van der Waals surface area contributed by atoms with Gasteiger partial charge in [-0.25, -0.2) is 9.78 Å². The van der Waals surface area contributed by atoms with Gasteiger partial charge in [0.1, 0.15) is 15.5 Å². The number of methoxy groups -OCH3 is 1. The lowest BCUT2D eigenvalue weighted by molar-refractivity contribution is 0.0605. The number of carbonyl (C=O) groups is 1. The Kier molecular flexibility index (Phi) is 5.33. The summed E-state index contributed by atoms with van der Waals surface area (Å²) in [5, 5.41) is 1.06. The van der Waals surface area contributed by atoms with Gasteiger partial charge in [0, 0.05) is 32.7 Å². The minimum atomic E-state index is -0.365. The first-order valence-corrected chi connectivity index (χ1v) is 11.1. The Morgan fingerprint density at radius 3 is 2.74 bits per heavy atom. The zero-order chi connectivity index (χ0) is 21.5. The number of piperazine rings is 1. The third-order valence-corrected chi connectivity index (χ3v) is 6.96. The Morgan fingerprint density at radius 1 is 1.19 bits per heavy atom. The van der Waals surface area contributed by atoms with E-state index in [1.807, 2.05) is 19.1 Å². The van der Waals surface area contributed by atoms with Crippen LogP contribution in [0.15, 0.2) is 18.2 Å². The van der Waals surface area contributed by atoms with Crippen LogP contribution in [0.1, 0.15) is 20.8 Å². The molecule has 2 aromatic heterocycles. The van der Waals surface area contributed by atoms with E-state index in [-0.39, 0.29) is 18.0 Å². The van der Waals surface area contributed by atoms with Crippen LogP contribution < -0.4 is 14.4 Å². The van der Waals surface area contributed by atoms with Gasteiger partial charge < -0.3 is 19.1 Å². The van der Waals surface area contributed by atoms with Crippen molar-refractivity contribution in [3.63, 3.8) is 0 Å². The molecule has 1 aromatic carbocycles. The Labute approximate surface area is 188 Å². The average molecular weight is 461 g/mol. The lowest BCUT2D eigenvalue weighted by atomic mass is 10.1. The van der Waals surface area contributed by atoms with Crippen molar-refractivity contribution in [2.24, 2.45) is 0 Å². The molecule has 3 aromatic rings. The molecule has 0 saturated carbocycles. The molecule has 10 heteroatoms. The number of benzene rings is 1. The normalized spacial score (nSPS) is 16.2. The number of aryl methyl sites for hydroxylation is 1. The number of carbonyl (C=O) groups excluding carboxylic acids is 1. The van der Waals surface area contributed by atoms with Gasteiger partial charge in [0.15, 0.2) is 11.5 Å². The fourth-order valence-electron chi connectivity index (χ4n) is 4.02. The van der Waals surface area contributed by atoms with Gasteiger partial charge in [0.2, 0.25) is 12.1 Å². The van der Waals surface area contributed by atoms with Crippen LogP contribution in [0.5, 0.6) is 11.5 Å². The Balaban J connectivity index is 1.34. The molecule has 0 radical (unpaired) electrons. The third kappa shape index (κ3) is 3.77. The van der Waals surface area contributed by atoms with Crippen LogP contribution in [0.4, 0.5) is 5.82 Å². The number of halogens is 1. The molecule has 162 valence electrons. The average Bonchev–Trinajstić information content (AvgIpc) is 3.37. The zero-order valence-electron chi connectivity index (χ0n) is 17.2. The number of ether oxygens (including phenoxy) is 3. The second-order valence-electron chi connectivity index (χ2n) is 7.49. The number of thiophene rings is 1. The number of hydrogen-bond acceptors (Lipinski definition) is 9. The van der Waals surface area contributed by atoms with E-state index < -0.39 is 0 Å². The van der Waals surface area contributed by atoms with E-state index in [1.165, 1.54) is 24.0 Å². The highest BCUT2D eigenvalue weighted by atomic mass is 35.5. The van der Waals surface area contributed by atoms with Gasteiger partial charge in [0.25, 0.3) is 0 Å². The van der Waals surface area contributed by atoms with Gasteiger partial charge in [0.05, 0.1) is 12.5 Å². The highest BCUT2D eigenvalue weighted by Crippen LogP contribution is 2.37. The first-order chi connectivity index (χ1) is 15.0. The maximum atomic E-state index is 12.1. The topological polar surface area (TPSA) is 77.0 Å². The van der Waals surface area contributed by atoms with Crippen molar-refractivity contribution in [3.05, 3.63) is 39.5 Å². The molecule has 0 unspecified atom stereocenters. The minimum absolute atomic E-state index is 0.183. The van der Waals surface area contributed by atoms with E-state index in [9.17, 15) is 4.79 Å². The number of nitrogens with zero attached hydrogens (tertiary/aromatic N) is 4. The third-order valence-electron chi connectivity index (χ3n) is 5.63. The molecule has 0 amide bonds. The highest BCUT2D eigenvalue weighted by Gasteiger charge is 2.26. The monoisotopic (exact) mass is 460 g/mol. The number of esters is 1. The van der Waals surface area contributed by atoms with E-state index in [4.69, 9.17) is 25.8 Å². The van der Waals surface area contributed by atoms with Crippen LogP contribution in [0.2, 0.25) is 5.28 Å². The number of rotatable bonds is 4. The fourth-order valence-corrected chi connectivity index (χ4v) is 5.33. The van der Waals surface area contributed by atoms with Crippen molar-refractivity contribution in [3.8, 4) is 11.5 Å². The Bertz CT molecular complexity index is 1160. The second kappa shape index (κ2) is 8.14. The van der Waals surface area contributed by atoms with E-state index in [0.717, 1.165) is 61.0 Å². The summed E-state index contributed by atoms with van der Waals surface area (Å²) in [6.07, 6.45) is 0. The van der Waals surface area contributed by atoms with Crippen molar-refractivity contribution >= 4 is 44.9 Å². The van der Waals surface area contributed by atoms with Gasteiger partial charge >= 0.3 is 5.97 Å². The summed E-state index contributed by atoms with van der Waals surface area (Å²) in [5.41, 5.74) is 2.03. The Hall–Kier alpha value is -2.62. The van der Waals surface area contributed by atoms with Gasteiger partial charge in [-0.05, 0) is 41.8 Å². The van der Waals surface area contributed by atoms with Gasteiger partial charge in [-0.3, -0.25) is 4.90 Å². The molecule has 2 aliphatic rings. The van der Waals surface area contributed by atoms with E-state index in [1.54, 1.807) is 0 Å². The summed E-state index contributed by atoms with van der Waals surface area (Å²) in [4.78, 5) is 26.8. The van der Waals surface area contributed by atoms with Crippen molar-refractivity contribution in [2.75, 3.05) is 45.0 Å². The lowest BCUT2D eigenvalue weighted by Gasteiger charge is -2.35. The first-order valence-electron chi connectivity index (χ1n) is 9.94. The van der Waals surface area contributed by atoms with Crippen molar-refractivity contribution in [1.29, 1.82) is 0 Å². The molecule has 1 fully saturated rings. The highest BCUT2D eigenvalue weighted by molar-refractivity contribution is 7.20. The number of fused-ring (bicyclic) bond motifs is 2. The molecule has 0 atom stereocenters. The van der Waals surface area contributed by atoms with E-state index >= 15 is 0 Å². The largest absolute Gasteiger partial charge is 0.465 e. The fraction of sp³-hybridized carbons (Fsp3) is 0.381. The predicted molar refractivity (Wildman–Crippen MR) is 119 cm³/mol. The molecule has 0 aliphatic carbocycles. The summed E-state index contributed by atoms with van der Waals surface area (Å²) >= 11 is 7.50. The molecule has 2 aliphatic heterocycles. The van der Waals surface area contributed by atoms with Gasteiger partial charge in [-0.1, -0.05) is 6.07 Å². The molecule has 0 N–H and O–H groups in total. The summed E-state index contributed by atoms with van der Waals surface area (Å²) in [6.45, 7) is 6.39. The van der Waals surface area contributed by atoms with Crippen LogP contribution >= 0.6 is 22.9 Å². The number of anilines is 1. The van der Waals surface area contributed by atoms with Crippen LogP contribution in [0.25, 0.3) is 10.2 Å². The Morgan fingerprint density at radius 2 is 1.97 bits per heavy atom. The molecule has 8 nitrogen and oxygen atoms in total. The van der Waals surface area contributed by atoms with Crippen LogP contribution in [0, 0.1) is 6.92 Å². The van der Waals surface area contributed by atoms with Crippen molar-refractivity contribution in [1.82, 2.24) is 14.9 Å². The molecular weight excluding hydrogens is 440 g/mol. The predicted octanol–water partition coefficient (Wildman–Crippen LogP) is 3.49. The molecule has 31 heavy (non-hydrogen) atoms. The van der Waals surface area contributed by atoms with Crippen LogP contribution in [-0.4, -0.2) is 60.9 Å². The first kappa shape index (κ1) is 20.3. The minimum Gasteiger partial charge on any atom is -0.465 e. The number of aromatic nitrogens is 2. The molecule has 4 heterocycles. The SMILES string of the molecule is COC(=O)c1sc2nc(Cl)nc(N3CCN(Cc4ccc5c(c4)OCO5)CC3)c2c1C. The molecule has 1 saturated heterocycles. The van der Waals surface area contributed by atoms with Gasteiger partial charge in [-0.15, -0.1) is 11.3 Å². The molecule has 0 bridgehead atoms. The summed E-state index contributed by atoms with van der Waals surface area (Å²) in [6, 6.07) is 6.09. The smallest absolute Gasteiger partial charge is 0.348 e. The summed E-state index contributed by atoms with van der Waals surface area (Å²) in [5.74, 6) is 2.02. The quantitative estimate of drug-likeness (QED) is 0.432. The standard InChI is InChI=1S/C21H21ClN4O4S/c1-12-16-18(23-21(22)24-19(16)31-17(12)20(27)28-2)26-7-5-25(6-8-26)10-13-3-4-14-15(9-13)30-11-29-14/h3-4,9H,5-8,10-11H2,1-2H3. The van der Waals surface area contributed by atoms with Crippen molar-refractivity contribution < 1.29 is 19.0 Å². The lowest BCUT2D eigenvalue weighted by Crippen LogP contribution is -2.46. The van der Waals surface area contributed by atoms with Gasteiger partial charge in [-0.2, -0.15) is 4.98 Å². The summed E-state index contributed by atoms with van der Waals surface area (Å²) < 4.78 is 15.8. The maximum Gasteiger partial charge on any atom is 0.348 e. The van der Waals surface area contributed by atoms with E-state index in [0.29, 0.717) is 9.71 Å².